The van der Waals surface area contributed by atoms with Gasteiger partial charge in [-0.05, 0) is 91.6 Å². The summed E-state index contributed by atoms with van der Waals surface area (Å²) in [6.07, 6.45) is 34.5. The molecule has 3 aromatic carbocycles. The molecule has 0 aliphatic heterocycles. The van der Waals surface area contributed by atoms with Gasteiger partial charge in [-0.3, -0.25) is 0 Å². The third-order valence-corrected chi connectivity index (χ3v) is 11.7. The van der Waals surface area contributed by atoms with Gasteiger partial charge >= 0.3 is 7.82 Å². The number of unbranched alkanes of at least 4 members (excludes halogenated alkanes) is 21. The van der Waals surface area contributed by atoms with Gasteiger partial charge in [0.05, 0.1) is 0 Å². The lowest BCUT2D eigenvalue weighted by Crippen LogP contribution is -2.08. The van der Waals surface area contributed by atoms with E-state index in [9.17, 15) is 4.57 Å². The minimum Gasteiger partial charge on any atom is -0.386 e. The minimum absolute atomic E-state index is 0.477. The van der Waals surface area contributed by atoms with Crippen LogP contribution in [0.2, 0.25) is 0 Å². The van der Waals surface area contributed by atoms with Crippen molar-refractivity contribution in [3.05, 3.63) is 89.5 Å². The van der Waals surface area contributed by atoms with Gasteiger partial charge in [-0.1, -0.05) is 192 Å². The Bertz CT molecular complexity index is 1170. The largest absolute Gasteiger partial charge is 0.647 e. The highest BCUT2D eigenvalue weighted by Crippen LogP contribution is 2.50. The van der Waals surface area contributed by atoms with Crippen LogP contribution in [0.3, 0.4) is 0 Å². The Labute approximate surface area is 325 Å². The third kappa shape index (κ3) is 21.1. The predicted octanol–water partition coefficient (Wildman–Crippen LogP) is 16.4. The van der Waals surface area contributed by atoms with E-state index in [1.807, 2.05) is 36.4 Å². The number of phosphoric ester groups is 1. The van der Waals surface area contributed by atoms with Crippen LogP contribution in [0.4, 0.5) is 0 Å². The van der Waals surface area contributed by atoms with Crippen molar-refractivity contribution in [3.8, 4) is 17.2 Å². The number of rotatable bonds is 33. The van der Waals surface area contributed by atoms with Crippen LogP contribution >= 0.6 is 7.82 Å². The molecule has 53 heavy (non-hydrogen) atoms. The number of phosphoric acid groups is 1. The molecule has 0 unspecified atom stereocenters. The Kier molecular flexibility index (Phi) is 24.2. The molecule has 0 aliphatic carbocycles. The number of aryl methyl sites for hydroxylation is 3. The summed E-state index contributed by atoms with van der Waals surface area (Å²) in [7, 11) is -4.06. The molecular weight excluding hydrogens is 671 g/mol. The Morgan fingerprint density at radius 3 is 0.755 bits per heavy atom. The second-order valence-electron chi connectivity index (χ2n) is 15.3. The zero-order chi connectivity index (χ0) is 37.7. The first-order valence-corrected chi connectivity index (χ1v) is 23.4. The van der Waals surface area contributed by atoms with Crippen molar-refractivity contribution in [1.82, 2.24) is 0 Å². The number of hydrogen-bond donors (Lipinski definition) is 0. The summed E-state index contributed by atoms with van der Waals surface area (Å²) in [6.45, 7) is 6.80. The van der Waals surface area contributed by atoms with E-state index in [-0.39, 0.29) is 0 Å². The molecule has 0 saturated carbocycles. The fraction of sp³-hybridized carbons (Fsp3) is 0.625. The minimum atomic E-state index is -4.06. The van der Waals surface area contributed by atoms with Crippen molar-refractivity contribution in [1.29, 1.82) is 0 Å². The maximum Gasteiger partial charge on any atom is 0.647 e. The molecule has 0 amide bonds. The van der Waals surface area contributed by atoms with Crippen LogP contribution in [0.25, 0.3) is 0 Å². The normalized spacial score (nSPS) is 11.5. The van der Waals surface area contributed by atoms with Gasteiger partial charge in [0.2, 0.25) is 0 Å². The zero-order valence-electron chi connectivity index (χ0n) is 34.1. The van der Waals surface area contributed by atoms with Crippen LogP contribution in [-0.4, -0.2) is 0 Å². The van der Waals surface area contributed by atoms with Crippen molar-refractivity contribution in [3.63, 3.8) is 0 Å². The summed E-state index contributed by atoms with van der Waals surface area (Å²) >= 11 is 0. The van der Waals surface area contributed by atoms with Crippen molar-refractivity contribution >= 4 is 7.82 Å². The molecule has 4 nitrogen and oxygen atoms in total. The van der Waals surface area contributed by atoms with Gasteiger partial charge < -0.3 is 13.6 Å². The Morgan fingerprint density at radius 2 is 0.528 bits per heavy atom. The van der Waals surface area contributed by atoms with E-state index in [1.54, 1.807) is 0 Å². The standard InChI is InChI=1S/C48H75O4P/c1-4-7-10-13-16-19-22-25-28-43-31-37-46(38-32-43)50-53(49,51-47-39-33-44(34-40-47)29-26-23-20-17-14-11-8-5-2)52-48-41-35-45(36-42-48)30-27-24-21-18-15-12-9-6-3/h31-42H,4-30H2,1-3H3. The topological polar surface area (TPSA) is 44.8 Å². The lowest BCUT2D eigenvalue weighted by molar-refractivity contribution is 0.298. The van der Waals surface area contributed by atoms with Gasteiger partial charge in [-0.15, -0.1) is 0 Å². The van der Waals surface area contributed by atoms with Crippen LogP contribution in [0.1, 0.15) is 192 Å². The molecule has 0 heterocycles. The lowest BCUT2D eigenvalue weighted by atomic mass is 10.0. The molecular formula is C48H75O4P. The number of benzene rings is 3. The molecule has 296 valence electrons. The quantitative estimate of drug-likeness (QED) is 0.0460. The molecule has 0 bridgehead atoms. The fourth-order valence-corrected chi connectivity index (χ4v) is 8.23. The highest BCUT2D eigenvalue weighted by atomic mass is 31.2. The highest BCUT2D eigenvalue weighted by Gasteiger charge is 2.33. The molecule has 0 aromatic heterocycles. The van der Waals surface area contributed by atoms with Gasteiger partial charge in [0, 0.05) is 0 Å². The van der Waals surface area contributed by atoms with E-state index in [0.717, 1.165) is 19.3 Å². The van der Waals surface area contributed by atoms with Gasteiger partial charge in [-0.25, -0.2) is 0 Å². The second-order valence-corrected chi connectivity index (χ2v) is 16.8. The summed E-state index contributed by atoms with van der Waals surface area (Å²) in [5.74, 6) is 1.43. The molecule has 0 fully saturated rings. The van der Waals surface area contributed by atoms with Crippen LogP contribution in [0.15, 0.2) is 72.8 Å². The highest BCUT2D eigenvalue weighted by molar-refractivity contribution is 7.49. The Morgan fingerprint density at radius 1 is 0.321 bits per heavy atom. The molecule has 3 rings (SSSR count). The van der Waals surface area contributed by atoms with Crippen LogP contribution < -0.4 is 13.6 Å². The van der Waals surface area contributed by atoms with Crippen LogP contribution in [-0.2, 0) is 23.8 Å². The predicted molar refractivity (Wildman–Crippen MR) is 228 cm³/mol. The van der Waals surface area contributed by atoms with Gasteiger partial charge in [0.15, 0.2) is 0 Å². The van der Waals surface area contributed by atoms with Crippen LogP contribution in [0, 0.1) is 0 Å². The molecule has 0 saturated heterocycles. The summed E-state index contributed by atoms with van der Waals surface area (Å²) in [6, 6.07) is 23.8. The first kappa shape index (κ1) is 44.7. The first-order chi connectivity index (χ1) is 26.0. The van der Waals surface area contributed by atoms with E-state index in [0.29, 0.717) is 17.2 Å². The van der Waals surface area contributed by atoms with E-state index < -0.39 is 7.82 Å². The summed E-state index contributed by atoms with van der Waals surface area (Å²) in [4.78, 5) is 0. The molecule has 0 radical (unpaired) electrons. The Balaban J connectivity index is 1.55. The molecule has 5 heteroatoms. The van der Waals surface area contributed by atoms with Crippen molar-refractivity contribution < 1.29 is 18.1 Å². The summed E-state index contributed by atoms with van der Waals surface area (Å²) in [5.41, 5.74) is 3.79. The van der Waals surface area contributed by atoms with E-state index >= 15 is 0 Å². The second kappa shape index (κ2) is 28.7. The summed E-state index contributed by atoms with van der Waals surface area (Å²) < 4.78 is 32.6. The molecule has 3 aromatic rings. The fourth-order valence-electron chi connectivity index (χ4n) is 6.98. The SMILES string of the molecule is CCCCCCCCCCc1ccc(OP(=O)(Oc2ccc(CCCCCCCCCC)cc2)Oc2ccc(CCCCCCCCCC)cc2)cc1. The lowest BCUT2D eigenvalue weighted by Gasteiger charge is -2.20. The number of hydrogen-bond acceptors (Lipinski definition) is 4. The van der Waals surface area contributed by atoms with E-state index in [2.05, 4.69) is 57.2 Å². The van der Waals surface area contributed by atoms with Crippen molar-refractivity contribution in [2.45, 2.75) is 194 Å². The average molecular weight is 747 g/mol. The van der Waals surface area contributed by atoms with Crippen molar-refractivity contribution in [2.75, 3.05) is 0 Å². The van der Waals surface area contributed by atoms with Crippen LogP contribution in [0.5, 0.6) is 17.2 Å². The maximum atomic E-state index is 14.3. The average Bonchev–Trinajstić information content (AvgIpc) is 3.17. The Hall–Kier alpha value is -2.71. The monoisotopic (exact) mass is 747 g/mol. The van der Waals surface area contributed by atoms with E-state index in [4.69, 9.17) is 13.6 Å². The van der Waals surface area contributed by atoms with E-state index in [1.165, 1.54) is 171 Å². The summed E-state index contributed by atoms with van der Waals surface area (Å²) in [5, 5.41) is 0. The molecule has 0 aliphatic rings. The smallest absolute Gasteiger partial charge is 0.386 e. The molecule has 0 N–H and O–H groups in total. The zero-order valence-corrected chi connectivity index (χ0v) is 35.0. The molecule has 0 spiro atoms. The molecule has 0 atom stereocenters. The van der Waals surface area contributed by atoms with Gasteiger partial charge in [0.1, 0.15) is 17.2 Å². The van der Waals surface area contributed by atoms with Gasteiger partial charge in [-0.2, -0.15) is 4.57 Å². The van der Waals surface area contributed by atoms with Gasteiger partial charge in [0.25, 0.3) is 0 Å². The first-order valence-electron chi connectivity index (χ1n) is 22.0. The maximum absolute atomic E-state index is 14.3. The van der Waals surface area contributed by atoms with Crippen molar-refractivity contribution in [2.24, 2.45) is 0 Å². The third-order valence-electron chi connectivity index (χ3n) is 10.4.